The van der Waals surface area contributed by atoms with Gasteiger partial charge in [0.2, 0.25) is 0 Å². The lowest BCUT2D eigenvalue weighted by Crippen LogP contribution is -2.33. The largest absolute Gasteiger partial charge is 0.497 e. The van der Waals surface area contributed by atoms with Crippen molar-refractivity contribution in [2.45, 2.75) is 51.5 Å². The summed E-state index contributed by atoms with van der Waals surface area (Å²) in [5, 5.41) is 3.65. The molecule has 0 heterocycles. The van der Waals surface area contributed by atoms with Gasteiger partial charge in [-0.15, -0.1) is 0 Å². The van der Waals surface area contributed by atoms with Gasteiger partial charge in [0.15, 0.2) is 0 Å². The summed E-state index contributed by atoms with van der Waals surface area (Å²) in [6.45, 7) is 3.29. The molecule has 0 bridgehead atoms. The second-order valence-electron chi connectivity index (χ2n) is 5.67. The number of hydrogen-bond acceptors (Lipinski definition) is 2. The van der Waals surface area contributed by atoms with Crippen LogP contribution in [-0.4, -0.2) is 19.7 Å². The second-order valence-corrected chi connectivity index (χ2v) is 5.67. The first kappa shape index (κ1) is 14.4. The maximum atomic E-state index is 5.20. The molecular weight excluding hydrogens is 234 g/mol. The Kier molecular flexibility index (Phi) is 5.71. The Balaban J connectivity index is 1.79. The van der Waals surface area contributed by atoms with Crippen LogP contribution in [0.4, 0.5) is 0 Å². The predicted octanol–water partition coefficient (Wildman–Crippen LogP) is 3.80. The summed E-state index contributed by atoms with van der Waals surface area (Å²) < 4.78 is 5.20. The van der Waals surface area contributed by atoms with Crippen molar-refractivity contribution < 1.29 is 4.74 Å². The third-order valence-electron chi connectivity index (χ3n) is 4.28. The Bertz CT molecular complexity index is 356. The van der Waals surface area contributed by atoms with Crippen molar-refractivity contribution in [3.8, 4) is 5.75 Å². The van der Waals surface area contributed by atoms with E-state index < -0.39 is 0 Å². The van der Waals surface area contributed by atoms with Crippen molar-refractivity contribution in [2.75, 3.05) is 13.7 Å². The van der Waals surface area contributed by atoms with Gasteiger partial charge in [0.1, 0.15) is 5.75 Å². The lowest BCUT2D eigenvalue weighted by atomic mass is 9.80. The van der Waals surface area contributed by atoms with E-state index >= 15 is 0 Å². The molecule has 1 saturated carbocycles. The normalized spacial score (nSPS) is 16.9. The highest BCUT2D eigenvalue weighted by atomic mass is 16.5. The predicted molar refractivity (Wildman–Crippen MR) is 80.7 cm³/mol. The van der Waals surface area contributed by atoms with Gasteiger partial charge < -0.3 is 10.1 Å². The first-order valence-electron chi connectivity index (χ1n) is 7.68. The van der Waals surface area contributed by atoms with Gasteiger partial charge in [-0.2, -0.15) is 0 Å². The smallest absolute Gasteiger partial charge is 0.118 e. The fraction of sp³-hybridized carbons (Fsp3) is 0.647. The fourth-order valence-corrected chi connectivity index (χ4v) is 2.86. The van der Waals surface area contributed by atoms with Crippen molar-refractivity contribution in [1.29, 1.82) is 0 Å². The summed E-state index contributed by atoms with van der Waals surface area (Å²) in [4.78, 5) is 0. The van der Waals surface area contributed by atoms with Crippen LogP contribution in [0.15, 0.2) is 24.3 Å². The van der Waals surface area contributed by atoms with Crippen LogP contribution in [0.5, 0.6) is 5.75 Å². The zero-order chi connectivity index (χ0) is 13.5. The van der Waals surface area contributed by atoms with E-state index in [1.54, 1.807) is 7.11 Å². The Morgan fingerprint density at radius 2 is 2.00 bits per heavy atom. The molecule has 106 valence electrons. The molecule has 2 heteroatoms. The van der Waals surface area contributed by atoms with Gasteiger partial charge in [-0.25, -0.2) is 0 Å². The van der Waals surface area contributed by atoms with Gasteiger partial charge in [0.25, 0.3) is 0 Å². The maximum absolute atomic E-state index is 5.20. The van der Waals surface area contributed by atoms with Crippen molar-refractivity contribution in [3.05, 3.63) is 29.8 Å². The molecule has 2 nitrogen and oxygen atoms in total. The Hall–Kier alpha value is -1.02. The molecule has 1 unspecified atom stereocenters. The van der Waals surface area contributed by atoms with Gasteiger partial charge in [0.05, 0.1) is 7.11 Å². The molecule has 0 aromatic heterocycles. The summed E-state index contributed by atoms with van der Waals surface area (Å²) in [5.74, 6) is 1.93. The van der Waals surface area contributed by atoms with E-state index in [4.69, 9.17) is 4.74 Å². The minimum atomic E-state index is 0.692. The Morgan fingerprint density at radius 1 is 1.26 bits per heavy atom. The summed E-state index contributed by atoms with van der Waals surface area (Å²) in [6.07, 6.45) is 8.12. The SMILES string of the molecule is CCNC(CCc1ccc(OC)cc1)CC1CCC1. The molecule has 0 saturated heterocycles. The molecule has 2 rings (SSSR count). The van der Waals surface area contributed by atoms with Crippen LogP contribution in [0.2, 0.25) is 0 Å². The molecule has 0 amide bonds. The molecule has 1 fully saturated rings. The lowest BCUT2D eigenvalue weighted by Gasteiger charge is -2.30. The fourth-order valence-electron chi connectivity index (χ4n) is 2.86. The van der Waals surface area contributed by atoms with E-state index in [-0.39, 0.29) is 0 Å². The number of hydrogen-bond donors (Lipinski definition) is 1. The first-order valence-corrected chi connectivity index (χ1v) is 7.68. The van der Waals surface area contributed by atoms with E-state index in [0.717, 1.165) is 24.6 Å². The lowest BCUT2D eigenvalue weighted by molar-refractivity contribution is 0.255. The molecule has 1 aliphatic carbocycles. The first-order chi connectivity index (χ1) is 9.31. The van der Waals surface area contributed by atoms with Gasteiger partial charge in [-0.3, -0.25) is 0 Å². The summed E-state index contributed by atoms with van der Waals surface area (Å²) in [7, 11) is 1.72. The molecule has 1 N–H and O–H groups in total. The summed E-state index contributed by atoms with van der Waals surface area (Å²) in [6, 6.07) is 9.18. The Morgan fingerprint density at radius 3 is 2.53 bits per heavy atom. The quantitative estimate of drug-likeness (QED) is 0.768. The molecule has 0 radical (unpaired) electrons. The van der Waals surface area contributed by atoms with Gasteiger partial charge in [-0.1, -0.05) is 38.3 Å². The van der Waals surface area contributed by atoms with Crippen LogP contribution in [0.25, 0.3) is 0 Å². The number of benzene rings is 1. The number of ether oxygens (including phenoxy) is 1. The third-order valence-corrected chi connectivity index (χ3v) is 4.28. The highest BCUT2D eigenvalue weighted by molar-refractivity contribution is 5.27. The molecular formula is C17H27NO. The second kappa shape index (κ2) is 7.54. The topological polar surface area (TPSA) is 21.3 Å². The van der Waals surface area contributed by atoms with Gasteiger partial charge in [0, 0.05) is 6.04 Å². The molecule has 1 atom stereocenters. The summed E-state index contributed by atoms with van der Waals surface area (Å²) >= 11 is 0. The zero-order valence-electron chi connectivity index (χ0n) is 12.3. The standard InChI is InChI=1S/C17H27NO/c1-3-18-16(13-15-5-4-6-15)10-7-14-8-11-17(19-2)12-9-14/h8-9,11-12,15-16,18H,3-7,10,13H2,1-2H3. The highest BCUT2D eigenvalue weighted by Gasteiger charge is 2.21. The van der Waals surface area contributed by atoms with E-state index in [9.17, 15) is 0 Å². The zero-order valence-corrected chi connectivity index (χ0v) is 12.3. The Labute approximate surface area is 117 Å². The average molecular weight is 261 g/mol. The third kappa shape index (κ3) is 4.54. The van der Waals surface area contributed by atoms with Crippen molar-refractivity contribution in [1.82, 2.24) is 5.32 Å². The van der Waals surface area contributed by atoms with E-state index in [1.165, 1.54) is 37.7 Å². The average Bonchev–Trinajstić information content (AvgIpc) is 2.40. The number of methoxy groups -OCH3 is 1. The number of aryl methyl sites for hydroxylation is 1. The van der Waals surface area contributed by atoms with Crippen LogP contribution in [-0.2, 0) is 6.42 Å². The van der Waals surface area contributed by atoms with Crippen LogP contribution in [0, 0.1) is 5.92 Å². The van der Waals surface area contributed by atoms with Crippen LogP contribution in [0.3, 0.4) is 0 Å². The summed E-state index contributed by atoms with van der Waals surface area (Å²) in [5.41, 5.74) is 1.41. The van der Waals surface area contributed by atoms with Gasteiger partial charge >= 0.3 is 0 Å². The maximum Gasteiger partial charge on any atom is 0.118 e. The molecule has 1 aromatic carbocycles. The van der Waals surface area contributed by atoms with Crippen molar-refractivity contribution >= 4 is 0 Å². The van der Waals surface area contributed by atoms with Crippen LogP contribution in [0.1, 0.15) is 44.6 Å². The van der Waals surface area contributed by atoms with Crippen LogP contribution < -0.4 is 10.1 Å². The van der Waals surface area contributed by atoms with E-state index in [2.05, 4.69) is 36.5 Å². The molecule has 1 aromatic rings. The minimum Gasteiger partial charge on any atom is -0.497 e. The van der Waals surface area contributed by atoms with Crippen molar-refractivity contribution in [2.24, 2.45) is 5.92 Å². The minimum absolute atomic E-state index is 0.692. The molecule has 0 aliphatic heterocycles. The van der Waals surface area contributed by atoms with Crippen molar-refractivity contribution in [3.63, 3.8) is 0 Å². The number of rotatable bonds is 8. The van der Waals surface area contributed by atoms with E-state index in [1.807, 2.05) is 0 Å². The monoisotopic (exact) mass is 261 g/mol. The molecule has 19 heavy (non-hydrogen) atoms. The highest BCUT2D eigenvalue weighted by Crippen LogP contribution is 2.31. The molecule has 1 aliphatic rings. The van der Waals surface area contributed by atoms with E-state index in [0.29, 0.717) is 6.04 Å². The number of nitrogens with one attached hydrogen (secondary N) is 1. The van der Waals surface area contributed by atoms with Crippen LogP contribution >= 0.6 is 0 Å². The van der Waals surface area contributed by atoms with Gasteiger partial charge in [-0.05, 0) is 49.4 Å². The molecule has 0 spiro atoms.